The van der Waals surface area contributed by atoms with Gasteiger partial charge in [-0.15, -0.1) is 0 Å². The quantitative estimate of drug-likeness (QED) is 0.522. The summed E-state index contributed by atoms with van der Waals surface area (Å²) >= 11 is 0. The molecule has 1 aromatic rings. The molecule has 1 unspecified atom stereocenters. The van der Waals surface area contributed by atoms with Crippen molar-refractivity contribution in [2.24, 2.45) is 0 Å². The Balaban J connectivity index is 2.38. The third-order valence-corrected chi connectivity index (χ3v) is 5.98. The van der Waals surface area contributed by atoms with Gasteiger partial charge in [-0.3, -0.25) is 4.55 Å². The van der Waals surface area contributed by atoms with Gasteiger partial charge >= 0.3 is 10.4 Å². The molecular formula is C9H8O4S3. The molecule has 0 spiro atoms. The summed E-state index contributed by atoms with van der Waals surface area (Å²) in [7, 11) is -4.20. The van der Waals surface area contributed by atoms with E-state index in [2.05, 4.69) is 3.63 Å². The van der Waals surface area contributed by atoms with Gasteiger partial charge in [0.25, 0.3) is 0 Å². The maximum Gasteiger partial charge on any atom is 0.408 e. The van der Waals surface area contributed by atoms with Crippen LogP contribution in [0.1, 0.15) is 5.56 Å². The Labute approximate surface area is 99.8 Å². The predicted octanol–water partition coefficient (Wildman–Crippen LogP) is 2.39. The molecule has 1 aliphatic rings. The average Bonchev–Trinajstić information content (AvgIpc) is 2.64. The van der Waals surface area contributed by atoms with E-state index >= 15 is 0 Å². The van der Waals surface area contributed by atoms with Crippen molar-refractivity contribution >= 4 is 35.9 Å². The van der Waals surface area contributed by atoms with Gasteiger partial charge in [0.1, 0.15) is 0 Å². The topological polar surface area (TPSA) is 63.6 Å². The molecule has 7 heteroatoms. The summed E-state index contributed by atoms with van der Waals surface area (Å²) < 4.78 is 34.5. The highest BCUT2D eigenvalue weighted by Gasteiger charge is 2.17. The molecule has 0 saturated heterocycles. The van der Waals surface area contributed by atoms with Crippen LogP contribution in [0.5, 0.6) is 0 Å². The molecule has 0 aliphatic carbocycles. The lowest BCUT2D eigenvalue weighted by atomic mass is 10.1. The molecule has 1 aliphatic heterocycles. The molecule has 2 rings (SSSR count). The van der Waals surface area contributed by atoms with Crippen LogP contribution >= 0.6 is 20.6 Å². The van der Waals surface area contributed by atoms with Gasteiger partial charge < -0.3 is 0 Å². The molecule has 86 valence electrons. The highest BCUT2D eigenvalue weighted by molar-refractivity contribution is 8.84. The van der Waals surface area contributed by atoms with Crippen molar-refractivity contribution in [3.05, 3.63) is 47.4 Å². The van der Waals surface area contributed by atoms with Crippen molar-refractivity contribution in [2.45, 2.75) is 0 Å². The SMILES string of the molecule is O=S(=O)(O)OS1=C(c2ccccc2)C=CS1. The Morgan fingerprint density at radius 3 is 2.56 bits per heavy atom. The molecule has 0 fully saturated rings. The van der Waals surface area contributed by atoms with Crippen LogP contribution in [0.25, 0.3) is 0 Å². The molecule has 0 amide bonds. The van der Waals surface area contributed by atoms with Crippen LogP contribution in [0.15, 0.2) is 41.8 Å². The van der Waals surface area contributed by atoms with Gasteiger partial charge in [-0.2, -0.15) is 12.0 Å². The third-order valence-electron chi connectivity index (χ3n) is 1.75. The zero-order valence-electron chi connectivity index (χ0n) is 7.94. The van der Waals surface area contributed by atoms with E-state index in [-0.39, 0.29) is 0 Å². The first-order valence-corrected chi connectivity index (χ1v) is 8.15. The Morgan fingerprint density at radius 1 is 1.25 bits per heavy atom. The normalized spacial score (nSPS) is 20.3. The lowest BCUT2D eigenvalue weighted by molar-refractivity contribution is 0.409. The second kappa shape index (κ2) is 4.72. The van der Waals surface area contributed by atoms with Crippen LogP contribution < -0.4 is 0 Å². The molecule has 1 heterocycles. The second-order valence-electron chi connectivity index (χ2n) is 2.86. The van der Waals surface area contributed by atoms with E-state index in [4.69, 9.17) is 4.55 Å². The van der Waals surface area contributed by atoms with Crippen molar-refractivity contribution in [3.8, 4) is 0 Å². The summed E-state index contributed by atoms with van der Waals surface area (Å²) in [6, 6.07) is 9.30. The first-order valence-electron chi connectivity index (χ1n) is 4.24. The van der Waals surface area contributed by atoms with Crippen molar-refractivity contribution in [2.75, 3.05) is 0 Å². The first-order chi connectivity index (χ1) is 7.56. The number of benzene rings is 1. The molecule has 1 N–H and O–H groups in total. The second-order valence-corrected chi connectivity index (χ2v) is 7.12. The van der Waals surface area contributed by atoms with E-state index < -0.39 is 20.2 Å². The van der Waals surface area contributed by atoms with Crippen LogP contribution in [0.3, 0.4) is 0 Å². The largest absolute Gasteiger partial charge is 0.408 e. The minimum Gasteiger partial charge on any atom is -0.263 e. The van der Waals surface area contributed by atoms with E-state index in [1.165, 1.54) is 10.8 Å². The summed E-state index contributed by atoms with van der Waals surface area (Å²) in [5.41, 5.74) is 0.885. The summed E-state index contributed by atoms with van der Waals surface area (Å²) in [5, 5.41) is 1.75. The van der Waals surface area contributed by atoms with E-state index in [9.17, 15) is 8.42 Å². The molecular weight excluding hydrogens is 268 g/mol. The van der Waals surface area contributed by atoms with Gasteiger partial charge in [-0.1, -0.05) is 30.3 Å². The Hall–Kier alpha value is -0.600. The summed E-state index contributed by atoms with van der Waals surface area (Å²) in [5.74, 6) is 0. The van der Waals surface area contributed by atoms with Gasteiger partial charge in [0.05, 0.1) is 0 Å². The zero-order valence-corrected chi connectivity index (χ0v) is 10.4. The molecule has 0 aromatic heterocycles. The fourth-order valence-corrected chi connectivity index (χ4v) is 5.37. The van der Waals surface area contributed by atoms with Crippen molar-refractivity contribution in [1.29, 1.82) is 0 Å². The highest BCUT2D eigenvalue weighted by Crippen LogP contribution is 2.42. The molecule has 0 radical (unpaired) electrons. The molecule has 16 heavy (non-hydrogen) atoms. The number of allylic oxidation sites excluding steroid dienone is 1. The number of hydrogen-bond donors (Lipinski definition) is 1. The minimum absolute atomic E-state index is 0.753. The van der Waals surface area contributed by atoms with Crippen molar-refractivity contribution in [1.82, 2.24) is 0 Å². The van der Waals surface area contributed by atoms with Crippen LogP contribution in [0.4, 0.5) is 0 Å². The van der Waals surface area contributed by atoms with Crippen LogP contribution in [0.2, 0.25) is 0 Å². The third kappa shape index (κ3) is 2.96. The molecule has 1 atom stereocenters. The molecule has 4 nitrogen and oxygen atoms in total. The Morgan fingerprint density at radius 2 is 1.94 bits per heavy atom. The van der Waals surface area contributed by atoms with Crippen LogP contribution in [-0.2, 0) is 14.0 Å². The standard InChI is InChI=1S/C9H8O4S3/c10-16(11,12)13-15-9(6-7-14-15)8-4-2-1-3-5-8/h1-7H,(H,10,11,12). The summed E-state index contributed by atoms with van der Waals surface area (Å²) in [4.78, 5) is 0.753. The maximum absolute atomic E-state index is 10.6. The predicted molar refractivity (Wildman–Crippen MR) is 67.5 cm³/mol. The lowest BCUT2D eigenvalue weighted by Gasteiger charge is -2.05. The van der Waals surface area contributed by atoms with Gasteiger partial charge in [0, 0.05) is 14.7 Å². The summed E-state index contributed by atoms with van der Waals surface area (Å²) in [6.45, 7) is 0. The van der Waals surface area contributed by atoms with E-state index in [1.807, 2.05) is 30.3 Å². The Bertz CT molecular complexity index is 545. The van der Waals surface area contributed by atoms with Gasteiger partial charge in [-0.05, 0) is 27.8 Å². The molecule has 0 saturated carbocycles. The molecule has 0 bridgehead atoms. The minimum atomic E-state index is -4.42. The average molecular weight is 276 g/mol. The lowest BCUT2D eigenvalue weighted by Crippen LogP contribution is -2.01. The van der Waals surface area contributed by atoms with Gasteiger partial charge in [0.2, 0.25) is 0 Å². The van der Waals surface area contributed by atoms with E-state index in [0.717, 1.165) is 10.4 Å². The van der Waals surface area contributed by atoms with E-state index in [0.29, 0.717) is 0 Å². The van der Waals surface area contributed by atoms with Crippen LogP contribution in [-0.4, -0.2) is 17.8 Å². The maximum atomic E-state index is 10.6. The number of rotatable bonds is 3. The molecule has 1 aromatic carbocycles. The fraction of sp³-hybridized carbons (Fsp3) is 0. The highest BCUT2D eigenvalue weighted by atomic mass is 33.1. The van der Waals surface area contributed by atoms with Gasteiger partial charge in [-0.25, -0.2) is 0 Å². The zero-order chi connectivity index (χ0) is 11.6. The van der Waals surface area contributed by atoms with Crippen LogP contribution in [0, 0.1) is 0 Å². The fourth-order valence-electron chi connectivity index (χ4n) is 1.17. The first kappa shape index (κ1) is 11.9. The monoisotopic (exact) mass is 276 g/mol. The smallest absolute Gasteiger partial charge is 0.263 e. The van der Waals surface area contributed by atoms with Gasteiger partial charge in [0.15, 0.2) is 0 Å². The summed E-state index contributed by atoms with van der Waals surface area (Å²) in [6.07, 6.45) is 1.79. The Kier molecular flexibility index (Phi) is 3.50. The van der Waals surface area contributed by atoms with E-state index in [1.54, 1.807) is 11.5 Å². The number of hydrogen-bond acceptors (Lipinski definition) is 4. The van der Waals surface area contributed by atoms with Crippen molar-refractivity contribution < 1.29 is 16.6 Å². The van der Waals surface area contributed by atoms with Crippen molar-refractivity contribution in [3.63, 3.8) is 0 Å².